The molecule has 0 unspecified atom stereocenters. The number of anilines is 2. The number of nitrogens with two attached hydrogens (primary N) is 1. The highest BCUT2D eigenvalue weighted by atomic mass is 19.4. The summed E-state index contributed by atoms with van der Waals surface area (Å²) in [6.07, 6.45) is -4.41. The van der Waals surface area contributed by atoms with E-state index in [0.29, 0.717) is 18.8 Å². The molecule has 0 spiro atoms. The van der Waals surface area contributed by atoms with E-state index in [2.05, 4.69) is 0 Å². The molecule has 1 saturated heterocycles. The monoisotopic (exact) mass is 274 g/mol. The van der Waals surface area contributed by atoms with Gasteiger partial charge in [0.25, 0.3) is 0 Å². The average molecular weight is 274 g/mol. The van der Waals surface area contributed by atoms with E-state index in [1.54, 1.807) is 6.07 Å². The first kappa shape index (κ1) is 14.0. The molecule has 0 saturated carbocycles. The molecule has 0 amide bonds. The molecule has 1 aliphatic heterocycles. The minimum absolute atomic E-state index is 0.0143. The fourth-order valence-electron chi connectivity index (χ4n) is 2.37. The van der Waals surface area contributed by atoms with E-state index < -0.39 is 11.7 Å². The number of hydrogen-bond acceptors (Lipinski definition) is 3. The van der Waals surface area contributed by atoms with Gasteiger partial charge in [-0.3, -0.25) is 0 Å². The lowest BCUT2D eigenvalue weighted by Gasteiger charge is -2.37. The Hall–Kier alpha value is -1.43. The third-order valence-corrected chi connectivity index (χ3v) is 3.05. The topological polar surface area (TPSA) is 38.5 Å². The van der Waals surface area contributed by atoms with E-state index in [-0.39, 0.29) is 17.9 Å². The minimum Gasteiger partial charge on any atom is -0.399 e. The van der Waals surface area contributed by atoms with Gasteiger partial charge in [-0.15, -0.1) is 0 Å². The van der Waals surface area contributed by atoms with E-state index in [4.69, 9.17) is 10.5 Å². The highest BCUT2D eigenvalue weighted by Crippen LogP contribution is 2.34. The van der Waals surface area contributed by atoms with Gasteiger partial charge in [-0.05, 0) is 32.0 Å². The molecule has 1 aliphatic rings. The normalized spacial score (nSPS) is 24.6. The lowest BCUT2D eigenvalue weighted by atomic mass is 10.1. The van der Waals surface area contributed by atoms with Crippen LogP contribution in [0.4, 0.5) is 24.5 Å². The van der Waals surface area contributed by atoms with Crippen LogP contribution in [0.2, 0.25) is 0 Å². The maximum absolute atomic E-state index is 12.8. The Morgan fingerprint density at radius 2 is 1.74 bits per heavy atom. The maximum atomic E-state index is 12.8. The molecule has 0 radical (unpaired) electrons. The summed E-state index contributed by atoms with van der Waals surface area (Å²) in [7, 11) is 0. The van der Waals surface area contributed by atoms with Crippen molar-refractivity contribution in [2.45, 2.75) is 32.2 Å². The fraction of sp³-hybridized carbons (Fsp3) is 0.538. The molecular weight excluding hydrogens is 257 g/mol. The van der Waals surface area contributed by atoms with Crippen LogP contribution in [0.25, 0.3) is 0 Å². The predicted molar refractivity (Wildman–Crippen MR) is 68.1 cm³/mol. The minimum atomic E-state index is -4.38. The van der Waals surface area contributed by atoms with Gasteiger partial charge in [0, 0.05) is 24.5 Å². The lowest BCUT2D eigenvalue weighted by Crippen LogP contribution is -2.45. The second kappa shape index (κ2) is 4.92. The van der Waals surface area contributed by atoms with Gasteiger partial charge in [0.15, 0.2) is 0 Å². The smallest absolute Gasteiger partial charge is 0.399 e. The van der Waals surface area contributed by atoms with Gasteiger partial charge in [0.1, 0.15) is 0 Å². The van der Waals surface area contributed by atoms with E-state index in [9.17, 15) is 13.2 Å². The Labute approximate surface area is 110 Å². The molecule has 0 aromatic heterocycles. The zero-order chi connectivity index (χ0) is 14.2. The van der Waals surface area contributed by atoms with Crippen LogP contribution in [0.15, 0.2) is 18.2 Å². The number of morpholine rings is 1. The SMILES string of the molecule is C[C@@H]1CN(c2cc(N)cc(C(F)(F)F)c2)C[C@H](C)O1. The van der Waals surface area contributed by atoms with E-state index in [1.165, 1.54) is 0 Å². The van der Waals surface area contributed by atoms with Crippen LogP contribution in [0, 0.1) is 0 Å². The molecule has 1 heterocycles. The first-order chi connectivity index (χ1) is 8.75. The zero-order valence-corrected chi connectivity index (χ0v) is 10.9. The van der Waals surface area contributed by atoms with Crippen molar-refractivity contribution in [1.29, 1.82) is 0 Å². The van der Waals surface area contributed by atoms with Crippen molar-refractivity contribution >= 4 is 11.4 Å². The van der Waals surface area contributed by atoms with Gasteiger partial charge in [-0.25, -0.2) is 0 Å². The molecule has 1 aromatic rings. The number of benzene rings is 1. The van der Waals surface area contributed by atoms with Crippen LogP contribution >= 0.6 is 0 Å². The molecule has 2 N–H and O–H groups in total. The van der Waals surface area contributed by atoms with Crippen LogP contribution in [0.3, 0.4) is 0 Å². The Morgan fingerprint density at radius 1 is 1.16 bits per heavy atom. The summed E-state index contributed by atoms with van der Waals surface area (Å²) in [6, 6.07) is 3.66. The summed E-state index contributed by atoms with van der Waals surface area (Å²) in [6.45, 7) is 4.93. The fourth-order valence-corrected chi connectivity index (χ4v) is 2.37. The third kappa shape index (κ3) is 3.32. The molecular formula is C13H17F3N2O. The maximum Gasteiger partial charge on any atom is 0.416 e. The second-order valence-electron chi connectivity index (χ2n) is 4.97. The molecule has 1 aromatic carbocycles. The number of alkyl halides is 3. The number of nitrogen functional groups attached to an aromatic ring is 1. The van der Waals surface area contributed by atoms with Gasteiger partial charge in [0.05, 0.1) is 17.8 Å². The van der Waals surface area contributed by atoms with Crippen molar-refractivity contribution in [1.82, 2.24) is 0 Å². The summed E-state index contributed by atoms with van der Waals surface area (Å²) in [5.74, 6) is 0. The van der Waals surface area contributed by atoms with E-state index in [0.717, 1.165) is 12.1 Å². The molecule has 0 aliphatic carbocycles. The molecule has 19 heavy (non-hydrogen) atoms. The first-order valence-corrected chi connectivity index (χ1v) is 6.14. The van der Waals surface area contributed by atoms with Crippen molar-refractivity contribution in [3.8, 4) is 0 Å². The number of nitrogens with zero attached hydrogens (tertiary/aromatic N) is 1. The van der Waals surface area contributed by atoms with Gasteiger partial charge in [-0.1, -0.05) is 0 Å². The van der Waals surface area contributed by atoms with Crippen molar-refractivity contribution in [3.63, 3.8) is 0 Å². The second-order valence-corrected chi connectivity index (χ2v) is 4.97. The Morgan fingerprint density at radius 3 is 2.26 bits per heavy atom. The summed E-state index contributed by atoms with van der Waals surface area (Å²) in [5.41, 5.74) is 5.48. The quantitative estimate of drug-likeness (QED) is 0.800. The summed E-state index contributed by atoms with van der Waals surface area (Å²) in [5, 5.41) is 0. The molecule has 3 nitrogen and oxygen atoms in total. The van der Waals surface area contributed by atoms with Crippen LogP contribution < -0.4 is 10.6 Å². The highest BCUT2D eigenvalue weighted by Gasteiger charge is 2.32. The van der Waals surface area contributed by atoms with Crippen molar-refractivity contribution in [3.05, 3.63) is 23.8 Å². The van der Waals surface area contributed by atoms with Crippen molar-refractivity contribution in [2.24, 2.45) is 0 Å². The number of halogens is 3. The Kier molecular flexibility index (Phi) is 3.62. The van der Waals surface area contributed by atoms with Crippen molar-refractivity contribution < 1.29 is 17.9 Å². The first-order valence-electron chi connectivity index (χ1n) is 6.14. The molecule has 6 heteroatoms. The number of hydrogen-bond donors (Lipinski definition) is 1. The third-order valence-electron chi connectivity index (χ3n) is 3.05. The molecule has 2 rings (SSSR count). The van der Waals surface area contributed by atoms with Gasteiger partial charge in [-0.2, -0.15) is 13.2 Å². The largest absolute Gasteiger partial charge is 0.416 e. The summed E-state index contributed by atoms with van der Waals surface area (Å²) < 4.78 is 43.9. The summed E-state index contributed by atoms with van der Waals surface area (Å²) in [4.78, 5) is 1.88. The number of rotatable bonds is 1. The van der Waals surface area contributed by atoms with E-state index >= 15 is 0 Å². The highest BCUT2D eigenvalue weighted by molar-refractivity contribution is 5.59. The molecule has 106 valence electrons. The Balaban J connectivity index is 2.31. The number of ether oxygens (including phenoxy) is 1. The lowest BCUT2D eigenvalue weighted by molar-refractivity contribution is -0.137. The molecule has 0 bridgehead atoms. The molecule has 2 atom stereocenters. The standard InChI is InChI=1S/C13H17F3N2O/c1-8-6-18(7-9(2)19-8)12-4-10(13(14,15)16)3-11(17)5-12/h3-5,8-9H,6-7,17H2,1-2H3/t8-,9+. The van der Waals surface area contributed by atoms with Crippen LogP contribution in [0.1, 0.15) is 19.4 Å². The average Bonchev–Trinajstić information content (AvgIpc) is 2.25. The molecule has 1 fully saturated rings. The Bertz CT molecular complexity index is 452. The summed E-state index contributed by atoms with van der Waals surface area (Å²) >= 11 is 0. The van der Waals surface area contributed by atoms with Crippen LogP contribution in [-0.2, 0) is 10.9 Å². The zero-order valence-electron chi connectivity index (χ0n) is 10.9. The van der Waals surface area contributed by atoms with Gasteiger partial charge >= 0.3 is 6.18 Å². The van der Waals surface area contributed by atoms with Crippen molar-refractivity contribution in [2.75, 3.05) is 23.7 Å². The van der Waals surface area contributed by atoms with Crippen LogP contribution in [0.5, 0.6) is 0 Å². The van der Waals surface area contributed by atoms with Gasteiger partial charge < -0.3 is 15.4 Å². The van der Waals surface area contributed by atoms with E-state index in [1.807, 2.05) is 18.7 Å². The predicted octanol–water partition coefficient (Wildman–Crippen LogP) is 2.90. The van der Waals surface area contributed by atoms with Crippen LogP contribution in [-0.4, -0.2) is 25.3 Å². The van der Waals surface area contributed by atoms with Gasteiger partial charge in [0.2, 0.25) is 0 Å².